The molecule has 7 heteroatoms. The molecule has 5 nitrogen and oxygen atoms in total. The van der Waals surface area contributed by atoms with Gasteiger partial charge in [0.25, 0.3) is 0 Å². The quantitative estimate of drug-likeness (QED) is 0.721. The molecule has 1 aliphatic carbocycles. The molecule has 1 unspecified atom stereocenters. The van der Waals surface area contributed by atoms with Crippen LogP contribution in [-0.2, 0) is 4.79 Å². The van der Waals surface area contributed by atoms with Gasteiger partial charge in [0.2, 0.25) is 11.8 Å². The maximum Gasteiger partial charge on any atom is 0.249 e. The molecule has 3 rings (SSSR count). The number of hydrogen-bond donors (Lipinski definition) is 1. The second-order valence-corrected chi connectivity index (χ2v) is 7.41. The molecule has 1 N–H and O–H groups in total. The number of amides is 1. The SMILES string of the molecule is CC(C)C(NC(=O)/C=C/c1cc(Br)ccc1F)c1nc(C2CC2)no1. The van der Waals surface area contributed by atoms with Crippen molar-refractivity contribution < 1.29 is 13.7 Å². The molecular formula is C18H19BrFN3O2. The van der Waals surface area contributed by atoms with Gasteiger partial charge in [-0.1, -0.05) is 34.9 Å². The van der Waals surface area contributed by atoms with Gasteiger partial charge in [0.1, 0.15) is 11.9 Å². The summed E-state index contributed by atoms with van der Waals surface area (Å²) in [6, 6.07) is 4.17. The molecule has 1 aromatic heterocycles. The molecule has 0 radical (unpaired) electrons. The minimum atomic E-state index is -0.390. The van der Waals surface area contributed by atoms with Crippen molar-refractivity contribution in [3.8, 4) is 0 Å². The third-order valence-electron chi connectivity index (χ3n) is 4.00. The number of carbonyl (C=O) groups is 1. The first-order valence-electron chi connectivity index (χ1n) is 8.21. The van der Waals surface area contributed by atoms with Gasteiger partial charge in [-0.3, -0.25) is 4.79 Å². The van der Waals surface area contributed by atoms with Crippen LogP contribution in [-0.4, -0.2) is 16.0 Å². The van der Waals surface area contributed by atoms with E-state index in [-0.39, 0.29) is 17.9 Å². The minimum absolute atomic E-state index is 0.0764. The van der Waals surface area contributed by atoms with Crippen molar-refractivity contribution in [2.24, 2.45) is 5.92 Å². The summed E-state index contributed by atoms with van der Waals surface area (Å²) < 4.78 is 19.8. The van der Waals surface area contributed by atoms with Crippen LogP contribution in [0, 0.1) is 11.7 Å². The number of halogens is 2. The van der Waals surface area contributed by atoms with E-state index in [1.54, 1.807) is 12.1 Å². The zero-order valence-electron chi connectivity index (χ0n) is 14.0. The fraction of sp³-hybridized carbons (Fsp3) is 0.389. The second-order valence-electron chi connectivity index (χ2n) is 6.49. The Morgan fingerprint density at radius 2 is 2.20 bits per heavy atom. The normalized spacial score (nSPS) is 15.7. The van der Waals surface area contributed by atoms with Gasteiger partial charge >= 0.3 is 0 Å². The first-order valence-corrected chi connectivity index (χ1v) is 9.00. The zero-order chi connectivity index (χ0) is 18.0. The fourth-order valence-corrected chi connectivity index (χ4v) is 2.78. The Bertz CT molecular complexity index is 799. The van der Waals surface area contributed by atoms with E-state index in [0.717, 1.165) is 17.3 Å². The van der Waals surface area contributed by atoms with Crippen LogP contribution < -0.4 is 5.32 Å². The molecule has 1 amide bonds. The largest absolute Gasteiger partial charge is 0.340 e. The fourth-order valence-electron chi connectivity index (χ4n) is 2.40. The van der Waals surface area contributed by atoms with Gasteiger partial charge in [-0.25, -0.2) is 4.39 Å². The van der Waals surface area contributed by atoms with Gasteiger partial charge in [-0.05, 0) is 43.0 Å². The van der Waals surface area contributed by atoms with E-state index < -0.39 is 5.82 Å². The molecule has 1 saturated carbocycles. The van der Waals surface area contributed by atoms with E-state index in [1.165, 1.54) is 18.2 Å². The highest BCUT2D eigenvalue weighted by Gasteiger charge is 2.31. The number of nitrogens with zero attached hydrogens (tertiary/aromatic N) is 2. The standard InChI is InChI=1S/C18H19BrFN3O2/c1-10(2)16(18-22-17(23-25-18)11-3-4-11)21-15(24)8-5-12-9-13(19)6-7-14(12)20/h5-11,16H,3-4H2,1-2H3,(H,21,24)/b8-5+. The highest BCUT2D eigenvalue weighted by molar-refractivity contribution is 9.10. The van der Waals surface area contributed by atoms with Crippen molar-refractivity contribution in [2.45, 2.75) is 38.6 Å². The molecule has 1 aliphatic rings. The van der Waals surface area contributed by atoms with E-state index in [9.17, 15) is 9.18 Å². The number of nitrogens with one attached hydrogen (secondary N) is 1. The number of rotatable bonds is 6. The van der Waals surface area contributed by atoms with Crippen LogP contribution in [0.15, 0.2) is 33.3 Å². The number of carbonyl (C=O) groups excluding carboxylic acids is 1. The summed E-state index contributed by atoms with van der Waals surface area (Å²) in [5.74, 6) is 0.852. The molecule has 25 heavy (non-hydrogen) atoms. The monoisotopic (exact) mass is 407 g/mol. The highest BCUT2D eigenvalue weighted by atomic mass is 79.9. The molecule has 0 aliphatic heterocycles. The lowest BCUT2D eigenvalue weighted by Gasteiger charge is -2.17. The zero-order valence-corrected chi connectivity index (χ0v) is 15.6. The summed E-state index contributed by atoms with van der Waals surface area (Å²) in [6.45, 7) is 3.92. The third kappa shape index (κ3) is 4.54. The van der Waals surface area contributed by atoms with Crippen LogP contribution in [0.4, 0.5) is 4.39 Å². The minimum Gasteiger partial charge on any atom is -0.340 e. The predicted molar refractivity (Wildman–Crippen MR) is 95.1 cm³/mol. The lowest BCUT2D eigenvalue weighted by Crippen LogP contribution is -2.30. The van der Waals surface area contributed by atoms with Crippen molar-refractivity contribution in [1.29, 1.82) is 0 Å². The summed E-state index contributed by atoms with van der Waals surface area (Å²) in [5, 5.41) is 6.85. The van der Waals surface area contributed by atoms with E-state index in [0.29, 0.717) is 23.2 Å². The Hall–Kier alpha value is -2.02. The van der Waals surface area contributed by atoms with Gasteiger partial charge in [0.05, 0.1) is 0 Å². The van der Waals surface area contributed by atoms with Crippen molar-refractivity contribution in [3.05, 3.63) is 51.8 Å². The van der Waals surface area contributed by atoms with Crippen LogP contribution in [0.2, 0.25) is 0 Å². The smallest absolute Gasteiger partial charge is 0.249 e. The van der Waals surface area contributed by atoms with Crippen molar-refractivity contribution in [3.63, 3.8) is 0 Å². The first-order chi connectivity index (χ1) is 11.9. The molecule has 0 spiro atoms. The average Bonchev–Trinajstić information content (AvgIpc) is 3.31. The van der Waals surface area contributed by atoms with Crippen LogP contribution in [0.25, 0.3) is 6.08 Å². The van der Waals surface area contributed by atoms with E-state index in [2.05, 4.69) is 31.4 Å². The van der Waals surface area contributed by atoms with Gasteiger partial charge in [-0.2, -0.15) is 4.98 Å². The van der Waals surface area contributed by atoms with Crippen LogP contribution in [0.5, 0.6) is 0 Å². The lowest BCUT2D eigenvalue weighted by atomic mass is 10.0. The molecular weight excluding hydrogens is 389 g/mol. The average molecular weight is 408 g/mol. The number of aromatic nitrogens is 2. The number of benzene rings is 1. The van der Waals surface area contributed by atoms with Crippen LogP contribution >= 0.6 is 15.9 Å². The molecule has 1 heterocycles. The van der Waals surface area contributed by atoms with Gasteiger partial charge in [-0.15, -0.1) is 0 Å². The molecule has 1 atom stereocenters. The Kier molecular flexibility index (Phi) is 5.32. The summed E-state index contributed by atoms with van der Waals surface area (Å²) in [7, 11) is 0. The first kappa shape index (κ1) is 17.8. The van der Waals surface area contributed by atoms with Gasteiger partial charge < -0.3 is 9.84 Å². The van der Waals surface area contributed by atoms with Crippen LogP contribution in [0.1, 0.15) is 55.9 Å². The Balaban J connectivity index is 1.69. The van der Waals surface area contributed by atoms with Crippen molar-refractivity contribution in [1.82, 2.24) is 15.5 Å². The second kappa shape index (κ2) is 7.47. The van der Waals surface area contributed by atoms with Gasteiger partial charge in [0.15, 0.2) is 5.82 Å². The number of hydrogen-bond acceptors (Lipinski definition) is 4. The summed E-state index contributed by atoms with van der Waals surface area (Å²) >= 11 is 3.28. The van der Waals surface area contributed by atoms with E-state index in [4.69, 9.17) is 4.52 Å². The summed E-state index contributed by atoms with van der Waals surface area (Å²) in [6.07, 6.45) is 4.91. The Morgan fingerprint density at radius 1 is 1.44 bits per heavy atom. The molecule has 2 aromatic rings. The molecule has 1 aromatic carbocycles. The maximum atomic E-state index is 13.7. The highest BCUT2D eigenvalue weighted by Crippen LogP contribution is 2.38. The maximum absolute atomic E-state index is 13.7. The lowest BCUT2D eigenvalue weighted by molar-refractivity contribution is -0.117. The molecule has 1 fully saturated rings. The topological polar surface area (TPSA) is 68.0 Å². The summed E-state index contributed by atoms with van der Waals surface area (Å²) in [4.78, 5) is 16.6. The van der Waals surface area contributed by atoms with Crippen LogP contribution in [0.3, 0.4) is 0 Å². The van der Waals surface area contributed by atoms with Crippen molar-refractivity contribution >= 4 is 27.9 Å². The van der Waals surface area contributed by atoms with E-state index >= 15 is 0 Å². The Morgan fingerprint density at radius 3 is 2.88 bits per heavy atom. The Labute approximate surface area is 153 Å². The van der Waals surface area contributed by atoms with E-state index in [1.807, 2.05) is 13.8 Å². The van der Waals surface area contributed by atoms with Crippen molar-refractivity contribution in [2.75, 3.05) is 0 Å². The summed E-state index contributed by atoms with van der Waals surface area (Å²) in [5.41, 5.74) is 0.333. The third-order valence-corrected chi connectivity index (χ3v) is 4.50. The molecule has 132 valence electrons. The van der Waals surface area contributed by atoms with Gasteiger partial charge in [0, 0.05) is 22.0 Å². The molecule has 0 bridgehead atoms. The predicted octanol–water partition coefficient (Wildman–Crippen LogP) is 4.38. The molecule has 0 saturated heterocycles.